The third-order valence-corrected chi connectivity index (χ3v) is 25.6. The number of esters is 2. The fourth-order valence-electron chi connectivity index (χ4n) is 16.8. The second-order valence-corrected chi connectivity index (χ2v) is 39.3. The van der Waals surface area contributed by atoms with E-state index in [1.807, 2.05) is 97.1 Å². The fourth-order valence-corrected chi connectivity index (χ4v) is 18.2. The summed E-state index contributed by atoms with van der Waals surface area (Å²) < 4.78 is 182. The molecular formula is C87H119Na5O36S4. The molecule has 36 nitrogen and oxygen atoms in total. The van der Waals surface area contributed by atoms with Crippen LogP contribution in [0.15, 0.2) is 97.1 Å². The van der Waals surface area contributed by atoms with Crippen LogP contribution in [0, 0.1) is 11.8 Å². The Morgan fingerprint density at radius 1 is 0.424 bits per heavy atom. The van der Waals surface area contributed by atoms with Crippen LogP contribution >= 0.6 is 37.0 Å². The van der Waals surface area contributed by atoms with Crippen LogP contribution in [0.5, 0.6) is 0 Å². The third kappa shape index (κ3) is 34.7. The van der Waals surface area contributed by atoms with Gasteiger partial charge in [0.25, 0.3) is 0 Å². The van der Waals surface area contributed by atoms with Gasteiger partial charge < -0.3 is 106 Å². The quantitative estimate of drug-likeness (QED) is 0.00580. The predicted molar refractivity (Wildman–Crippen MR) is 439 cm³/mol. The van der Waals surface area contributed by atoms with Gasteiger partial charge in [0.2, 0.25) is 10.4 Å². The van der Waals surface area contributed by atoms with Crippen molar-refractivity contribution in [2.24, 2.45) is 11.8 Å². The van der Waals surface area contributed by atoms with E-state index in [1.54, 1.807) is 0 Å². The Kier molecular flexibility index (Phi) is 52.3. The molecule has 8 fully saturated rings. The van der Waals surface area contributed by atoms with E-state index in [0.29, 0.717) is 41.0 Å². The third-order valence-electron chi connectivity index (χ3n) is 24.0. The summed E-state index contributed by atoms with van der Waals surface area (Å²) >= 11 is -0.153. The smallest absolute Gasteiger partial charge is 0.726 e. The van der Waals surface area contributed by atoms with Crippen LogP contribution in [0.1, 0.15) is 205 Å². The van der Waals surface area contributed by atoms with Crippen molar-refractivity contribution in [1.29, 1.82) is 0 Å². The number of hydrogen-bond acceptors (Lipinski definition) is 39. The molecule has 0 N–H and O–H groups in total. The number of hydrogen-bond donors (Lipinski definition) is 0. The van der Waals surface area contributed by atoms with Crippen molar-refractivity contribution >= 4 is 65.3 Å². The number of ether oxygens (including phenoxy) is 16. The minimum absolute atomic E-state index is 0. The summed E-state index contributed by atoms with van der Waals surface area (Å²) in [4.78, 5) is 42.7. The van der Waals surface area contributed by atoms with Crippen LogP contribution in [0.4, 0.5) is 0 Å². The van der Waals surface area contributed by atoms with Gasteiger partial charge in [0.15, 0.2) is 79.9 Å². The van der Waals surface area contributed by atoms with E-state index in [0.717, 1.165) is 73.6 Å². The summed E-state index contributed by atoms with van der Waals surface area (Å²) in [5.74, 6) is -2.78. The van der Waals surface area contributed by atoms with Gasteiger partial charge in [-0.3, -0.25) is 41.4 Å². The molecular weight excluding hydrogens is 1860 g/mol. The largest absolute Gasteiger partial charge is 1.00 e. The van der Waals surface area contributed by atoms with Gasteiger partial charge in [-0.2, -0.15) is 0 Å². The zero-order valence-corrected chi connectivity index (χ0v) is 92.1. The number of benzene rings is 4. The molecule has 6 heterocycles. The average molecular weight is 1980 g/mol. The first-order valence-corrected chi connectivity index (χ1v) is 45.9. The first-order valence-electron chi connectivity index (χ1n) is 42.6. The molecule has 4 aromatic rings. The van der Waals surface area contributed by atoms with Crippen LogP contribution in [-0.2, 0) is 194 Å². The number of carbonyl (C=O) groups excluding carboxylic acids is 3. The molecule has 2 aliphatic carbocycles. The van der Waals surface area contributed by atoms with Gasteiger partial charge in [0.1, 0.15) is 92.6 Å². The van der Waals surface area contributed by atoms with Gasteiger partial charge in [-0.1, -0.05) is 232 Å². The van der Waals surface area contributed by atoms with E-state index < -0.39 is 177 Å². The molecule has 0 aromatic heterocycles. The summed E-state index contributed by atoms with van der Waals surface area (Å²) in [6.07, 6.45) is -23.6. The predicted octanol–water partition coefficient (Wildman–Crippen LogP) is -6.21. The van der Waals surface area contributed by atoms with Crippen molar-refractivity contribution in [2.45, 2.75) is 331 Å². The summed E-state index contributed by atoms with van der Waals surface area (Å²) in [6.45, 7) is 20.7. The van der Waals surface area contributed by atoms with Crippen molar-refractivity contribution < 1.29 is 317 Å². The Morgan fingerprint density at radius 3 is 1.14 bits per heavy atom. The van der Waals surface area contributed by atoms with Crippen molar-refractivity contribution in [3.05, 3.63) is 142 Å². The van der Waals surface area contributed by atoms with Crippen molar-refractivity contribution in [2.75, 3.05) is 40.6 Å². The maximum Gasteiger partial charge on any atom is 1.00 e. The van der Waals surface area contributed by atoms with Crippen molar-refractivity contribution in [1.82, 2.24) is 0 Å². The van der Waals surface area contributed by atoms with E-state index in [2.05, 4.69) is 103 Å². The molecule has 20 atom stereocenters. The Bertz CT molecular complexity index is 4150. The van der Waals surface area contributed by atoms with Crippen LogP contribution in [0.2, 0.25) is 0 Å². The molecule has 0 amide bonds. The molecule has 12 rings (SSSR count). The van der Waals surface area contributed by atoms with E-state index in [4.69, 9.17) is 101 Å². The number of aliphatic carboxylic acids is 1. The Hall–Kier alpha value is 0.170. The Balaban J connectivity index is 0.00000536. The molecule has 712 valence electrons. The fraction of sp³-hybridized carbons (Fsp3) is 0.690. The van der Waals surface area contributed by atoms with Gasteiger partial charge >= 0.3 is 160 Å². The SMILES string of the molecule is COC1[C@H]2OCC(C(=O)[O-])(O[C@H]2O[C@@H]2C(COC(=O)CCC3CCCC3)O[C@H](OC)C(OSOO[O-])[C@H]2OCc2ccc(C(C)(C)C)cc2)[C@H]1O[C@@H]1OC(COC(=O)CCC2CCCC2)[C@@H](O[C@@H]2OC(COS(=O)(=O)[O-])[C@@H](OCc3ccc(C(C)(C)C)cc3)[C@H](OCc3ccc(C(C)(C)C)cc3)C2OCc2ccc(C(C)(C)C)cc2)[C@H](OSOO[O-])C1OSOO[O-].[Na+].[Na+].[Na+].[Na+].[Na+]. The summed E-state index contributed by atoms with van der Waals surface area (Å²) in [5.41, 5.74) is 2.68. The van der Waals surface area contributed by atoms with Crippen molar-refractivity contribution in [3.8, 4) is 0 Å². The van der Waals surface area contributed by atoms with Crippen LogP contribution in [-0.4, -0.2) is 194 Å². The standard InChI is InChI=1S/C87H124O36S4.5Na/c1-83(2,3)57-33-23-53(24-34-57)43-102-66-63(49-107-127(95,96)97)110-79(73(105-46-56-29-39-60(40-30-56)86(10,11)12)69(66)103-44-54-25-35-58(36-26-54)84(4,5)6)111-68-62(48-101-65(89)42-32-52-21-17-18-22-52)109-80(76(117-126-123-120-94)71(68)115-124-121-118-92)113-77-72(98-13)74-81(114-87(77,50-106-74)82(90)91)112-67-61(47-100-64(88)41-31-51-19-15-16-20-51)108-78(99-14)75(116-125-122-119-93)70(67)104-45-55-27-37-59(38-28-55)85(7,8)9;;;;;/h23-30,33-40,51-52,61-63,66-81,92-94H,15-22,31-32,41-50H2,1-14H3,(H,90,91)(H,95,96,97);;;;;/q;5*+1/p-5/t61?,62?,63?,66-,67-,68-,69+,70+,71+,72?,73?,74-,75?,76?,77+,78+,79+,80+,81-,87?;;;;;/m1...../s1. The topological polar surface area (TPSA) is 441 Å². The molecule has 0 radical (unpaired) electrons. The molecule has 4 aromatic carbocycles. The number of carboxylic acid groups (broad SMARTS) is 1. The van der Waals surface area contributed by atoms with E-state index in [9.17, 15) is 48.2 Å². The molecule has 6 aliphatic heterocycles. The Labute approximate surface area is 896 Å². The molecule has 8 unspecified atom stereocenters. The summed E-state index contributed by atoms with van der Waals surface area (Å²) in [7, 11) is -3.07. The molecule has 0 spiro atoms. The molecule has 6 saturated heterocycles. The average Bonchev–Trinajstić information content (AvgIpc) is 0.816. The molecule has 8 aliphatic rings. The zero-order valence-electron chi connectivity index (χ0n) is 78.8. The summed E-state index contributed by atoms with van der Waals surface area (Å²) in [6, 6.07) is 30.4. The Morgan fingerprint density at radius 2 is 0.765 bits per heavy atom. The molecule has 2 saturated carbocycles. The van der Waals surface area contributed by atoms with Crippen LogP contribution in [0.3, 0.4) is 0 Å². The van der Waals surface area contributed by atoms with Gasteiger partial charge in [0, 0.05) is 27.1 Å². The monoisotopic (exact) mass is 1980 g/mol. The number of rotatable bonds is 46. The van der Waals surface area contributed by atoms with Crippen molar-refractivity contribution in [3.63, 3.8) is 0 Å². The van der Waals surface area contributed by atoms with Gasteiger partial charge in [-0.05, 0) is 90.8 Å². The zero-order chi connectivity index (χ0) is 91.4. The molecule has 45 heteroatoms. The normalized spacial score (nSPS) is 28.3. The van der Waals surface area contributed by atoms with Crippen LogP contribution in [0.25, 0.3) is 0 Å². The molecule has 2 bridgehead atoms. The van der Waals surface area contributed by atoms with Gasteiger partial charge in [0.05, 0.1) is 45.6 Å². The van der Waals surface area contributed by atoms with E-state index in [1.165, 1.54) is 14.2 Å². The second kappa shape index (κ2) is 57.2. The van der Waals surface area contributed by atoms with Crippen LogP contribution < -0.4 is 169 Å². The minimum Gasteiger partial charge on any atom is -0.726 e. The van der Waals surface area contributed by atoms with E-state index in [-0.39, 0.29) is 252 Å². The van der Waals surface area contributed by atoms with E-state index >= 15 is 0 Å². The maximum absolute atomic E-state index is 14.6. The number of carboxylic acids is 1. The molecule has 132 heavy (non-hydrogen) atoms. The maximum atomic E-state index is 14.6. The number of methoxy groups -OCH3 is 2. The number of fused-ring (bicyclic) bond motifs is 3. The van der Waals surface area contributed by atoms with Gasteiger partial charge in [-0.25, -0.2) is 8.42 Å². The van der Waals surface area contributed by atoms with Gasteiger partial charge in [-0.15, -0.1) is 13.0 Å². The minimum atomic E-state index is -5.54. The second-order valence-electron chi connectivity index (χ2n) is 36.9. The summed E-state index contributed by atoms with van der Waals surface area (Å²) in [5, 5.41) is 60.9. The first-order chi connectivity index (χ1) is 60.5. The number of carbonyl (C=O) groups is 3. The first kappa shape index (κ1) is 121.